The Morgan fingerprint density at radius 1 is 1.64 bits per heavy atom. The third-order valence-electron chi connectivity index (χ3n) is 1.82. The molecule has 1 N–H and O–H groups in total. The van der Waals surface area contributed by atoms with E-state index in [9.17, 15) is 4.79 Å². The molecule has 0 atom stereocenters. The maximum atomic E-state index is 10.8. The summed E-state index contributed by atoms with van der Waals surface area (Å²) in [5.41, 5.74) is 2.26. The third kappa shape index (κ3) is 3.75. The fourth-order valence-corrected chi connectivity index (χ4v) is 1.77. The molecule has 14 heavy (non-hydrogen) atoms. The molecule has 76 valence electrons. The summed E-state index contributed by atoms with van der Waals surface area (Å²) in [6.45, 7) is 4.20. The minimum atomic E-state index is 0.0224. The zero-order valence-electron chi connectivity index (χ0n) is 8.54. The molecule has 0 aliphatic rings. The van der Waals surface area contributed by atoms with Crippen LogP contribution in [0.2, 0.25) is 0 Å². The predicted octanol–water partition coefficient (Wildman–Crippen LogP) is 2.89. The van der Waals surface area contributed by atoms with Gasteiger partial charge in [-0.2, -0.15) is 0 Å². The SMILES string of the molecule is CC/C=C(C)\C=C/Cc1csc(=O)[nH]1. The molecule has 0 bridgehead atoms. The molecule has 0 aliphatic carbocycles. The molecule has 1 aromatic rings. The first-order valence-corrected chi connectivity index (χ1v) is 5.60. The number of aromatic amines is 1. The van der Waals surface area contributed by atoms with Gasteiger partial charge >= 0.3 is 4.87 Å². The number of hydrogen-bond donors (Lipinski definition) is 1. The molecular weight excluding hydrogens is 194 g/mol. The van der Waals surface area contributed by atoms with E-state index in [1.165, 1.54) is 16.9 Å². The van der Waals surface area contributed by atoms with Gasteiger partial charge in [-0.1, -0.05) is 42.1 Å². The van der Waals surface area contributed by atoms with Crippen LogP contribution < -0.4 is 4.87 Å². The van der Waals surface area contributed by atoms with Gasteiger partial charge in [0.05, 0.1) is 0 Å². The molecule has 1 rings (SSSR count). The molecule has 3 heteroatoms. The quantitative estimate of drug-likeness (QED) is 0.760. The van der Waals surface area contributed by atoms with Gasteiger partial charge in [0.2, 0.25) is 0 Å². The molecule has 0 spiro atoms. The van der Waals surface area contributed by atoms with Gasteiger partial charge in [0.1, 0.15) is 0 Å². The summed E-state index contributed by atoms with van der Waals surface area (Å²) >= 11 is 1.21. The lowest BCUT2D eigenvalue weighted by Crippen LogP contribution is -1.93. The number of H-pyrrole nitrogens is 1. The summed E-state index contributed by atoms with van der Waals surface area (Å²) in [4.78, 5) is 13.6. The zero-order chi connectivity index (χ0) is 10.4. The first kappa shape index (κ1) is 11.0. The lowest BCUT2D eigenvalue weighted by molar-refractivity contribution is 1.12. The van der Waals surface area contributed by atoms with Crippen LogP contribution in [-0.4, -0.2) is 4.98 Å². The van der Waals surface area contributed by atoms with Gasteiger partial charge in [-0.05, 0) is 13.3 Å². The first-order chi connectivity index (χ1) is 6.72. The molecular formula is C11H15NOS. The molecule has 0 saturated carbocycles. The largest absolute Gasteiger partial charge is 0.316 e. The van der Waals surface area contributed by atoms with Crippen molar-refractivity contribution in [3.8, 4) is 0 Å². The molecule has 1 aromatic heterocycles. The van der Waals surface area contributed by atoms with Crippen LogP contribution in [0.15, 0.2) is 34.0 Å². The molecule has 0 unspecified atom stereocenters. The Morgan fingerprint density at radius 2 is 2.43 bits per heavy atom. The van der Waals surface area contributed by atoms with Gasteiger partial charge < -0.3 is 4.98 Å². The summed E-state index contributed by atoms with van der Waals surface area (Å²) in [6.07, 6.45) is 8.19. The van der Waals surface area contributed by atoms with Crippen LogP contribution in [0.3, 0.4) is 0 Å². The van der Waals surface area contributed by atoms with Crippen molar-refractivity contribution in [3.63, 3.8) is 0 Å². The van der Waals surface area contributed by atoms with Crippen molar-refractivity contribution in [3.05, 3.63) is 44.5 Å². The Morgan fingerprint density at radius 3 is 3.00 bits per heavy atom. The van der Waals surface area contributed by atoms with E-state index in [4.69, 9.17) is 0 Å². The molecule has 2 nitrogen and oxygen atoms in total. The maximum absolute atomic E-state index is 10.8. The van der Waals surface area contributed by atoms with Crippen LogP contribution in [-0.2, 0) is 6.42 Å². The monoisotopic (exact) mass is 209 g/mol. The summed E-state index contributed by atoms with van der Waals surface area (Å²) < 4.78 is 0. The number of aromatic nitrogens is 1. The van der Waals surface area contributed by atoms with E-state index in [0.717, 1.165) is 18.5 Å². The normalized spacial score (nSPS) is 12.6. The third-order valence-corrected chi connectivity index (χ3v) is 2.53. The van der Waals surface area contributed by atoms with Crippen molar-refractivity contribution in [2.45, 2.75) is 26.7 Å². The Kier molecular flexibility index (Phi) is 4.40. The van der Waals surface area contributed by atoms with E-state index < -0.39 is 0 Å². The topological polar surface area (TPSA) is 32.9 Å². The number of thiazole rings is 1. The average molecular weight is 209 g/mol. The molecule has 0 fully saturated rings. The van der Waals surface area contributed by atoms with Crippen LogP contribution >= 0.6 is 11.3 Å². The lowest BCUT2D eigenvalue weighted by Gasteiger charge is -1.90. The number of hydrogen-bond acceptors (Lipinski definition) is 2. The summed E-state index contributed by atoms with van der Waals surface area (Å²) in [6, 6.07) is 0. The fraction of sp³-hybridized carbons (Fsp3) is 0.364. The van der Waals surface area contributed by atoms with Crippen LogP contribution in [0.25, 0.3) is 0 Å². The van der Waals surface area contributed by atoms with Gasteiger partial charge in [-0.25, -0.2) is 0 Å². The highest BCUT2D eigenvalue weighted by atomic mass is 32.1. The Hall–Kier alpha value is -1.09. The summed E-state index contributed by atoms with van der Waals surface area (Å²) in [5, 5.41) is 1.87. The van der Waals surface area contributed by atoms with Crippen molar-refractivity contribution in [2.24, 2.45) is 0 Å². The maximum Gasteiger partial charge on any atom is 0.304 e. The van der Waals surface area contributed by atoms with E-state index in [1.807, 2.05) is 5.38 Å². The Bertz CT molecular complexity index is 384. The molecule has 0 aromatic carbocycles. The molecule has 1 heterocycles. The van der Waals surface area contributed by atoms with Gasteiger partial charge in [0, 0.05) is 17.5 Å². The van der Waals surface area contributed by atoms with Gasteiger partial charge in [0.25, 0.3) is 0 Å². The number of nitrogens with one attached hydrogen (secondary N) is 1. The number of allylic oxidation sites excluding steroid dienone is 4. The first-order valence-electron chi connectivity index (χ1n) is 4.72. The highest BCUT2D eigenvalue weighted by Crippen LogP contribution is 2.01. The molecule has 0 aliphatic heterocycles. The van der Waals surface area contributed by atoms with Crippen molar-refractivity contribution in [1.29, 1.82) is 0 Å². The van der Waals surface area contributed by atoms with Gasteiger partial charge in [-0.15, -0.1) is 0 Å². The second-order valence-electron chi connectivity index (χ2n) is 3.14. The molecule has 0 saturated heterocycles. The zero-order valence-corrected chi connectivity index (χ0v) is 9.36. The average Bonchev–Trinajstić information content (AvgIpc) is 2.52. The fourth-order valence-electron chi connectivity index (χ4n) is 1.18. The lowest BCUT2D eigenvalue weighted by atomic mass is 10.2. The predicted molar refractivity (Wildman–Crippen MR) is 61.8 cm³/mol. The second-order valence-corrected chi connectivity index (χ2v) is 3.98. The minimum absolute atomic E-state index is 0.0224. The van der Waals surface area contributed by atoms with Crippen LogP contribution in [0.4, 0.5) is 0 Å². The van der Waals surface area contributed by atoms with Gasteiger partial charge in [0.15, 0.2) is 0 Å². The van der Waals surface area contributed by atoms with Crippen molar-refractivity contribution < 1.29 is 0 Å². The highest BCUT2D eigenvalue weighted by molar-refractivity contribution is 7.07. The van der Waals surface area contributed by atoms with E-state index in [2.05, 4.69) is 37.1 Å². The van der Waals surface area contributed by atoms with Crippen molar-refractivity contribution in [2.75, 3.05) is 0 Å². The number of rotatable bonds is 4. The van der Waals surface area contributed by atoms with E-state index >= 15 is 0 Å². The van der Waals surface area contributed by atoms with E-state index in [1.54, 1.807) is 0 Å². The standard InChI is InChI=1S/C11H15NOS/c1-3-5-9(2)6-4-7-10-8-14-11(13)12-10/h4-6,8H,3,7H2,1-2H3,(H,12,13)/b6-4-,9-5-. The van der Waals surface area contributed by atoms with Crippen molar-refractivity contribution in [1.82, 2.24) is 4.98 Å². The second kappa shape index (κ2) is 5.60. The molecule has 0 amide bonds. The van der Waals surface area contributed by atoms with Crippen LogP contribution in [0, 0.1) is 0 Å². The van der Waals surface area contributed by atoms with Crippen molar-refractivity contribution >= 4 is 11.3 Å². The van der Waals surface area contributed by atoms with Crippen LogP contribution in [0.5, 0.6) is 0 Å². The van der Waals surface area contributed by atoms with Gasteiger partial charge in [-0.3, -0.25) is 4.79 Å². The smallest absolute Gasteiger partial charge is 0.304 e. The highest BCUT2D eigenvalue weighted by Gasteiger charge is 1.92. The summed E-state index contributed by atoms with van der Waals surface area (Å²) in [7, 11) is 0. The Balaban J connectivity index is 2.48. The van der Waals surface area contributed by atoms with Crippen LogP contribution in [0.1, 0.15) is 26.0 Å². The Labute approximate surface area is 88.0 Å². The van der Waals surface area contributed by atoms with E-state index in [-0.39, 0.29) is 4.87 Å². The molecule has 0 radical (unpaired) electrons. The minimum Gasteiger partial charge on any atom is -0.316 e. The van der Waals surface area contributed by atoms with E-state index in [0.29, 0.717) is 0 Å². The summed E-state index contributed by atoms with van der Waals surface area (Å²) in [5.74, 6) is 0.